The summed E-state index contributed by atoms with van der Waals surface area (Å²) in [6, 6.07) is 0. The molecule has 0 rings (SSSR count). The van der Waals surface area contributed by atoms with Gasteiger partial charge in [-0.05, 0) is 31.8 Å². The third-order valence-corrected chi connectivity index (χ3v) is 2.72. The molecule has 0 saturated heterocycles. The maximum Gasteiger partial charge on any atom is -0.00232 e. The fourth-order valence-corrected chi connectivity index (χ4v) is 1.72. The zero-order valence-corrected chi connectivity index (χ0v) is 10.4. The average Bonchev–Trinajstić information content (AvgIpc) is 2.18. The van der Waals surface area contributed by atoms with E-state index in [0.29, 0.717) is 0 Å². The van der Waals surface area contributed by atoms with Crippen molar-refractivity contribution in [2.45, 2.75) is 65.7 Å². The van der Waals surface area contributed by atoms with E-state index in [4.69, 9.17) is 0 Å². The molecule has 1 nitrogen and oxygen atoms in total. The van der Waals surface area contributed by atoms with Gasteiger partial charge in [-0.2, -0.15) is 0 Å². The molecular formula is C13H29N. The van der Waals surface area contributed by atoms with E-state index in [-0.39, 0.29) is 0 Å². The monoisotopic (exact) mass is 199 g/mol. The van der Waals surface area contributed by atoms with Gasteiger partial charge in [-0.15, -0.1) is 0 Å². The molecular weight excluding hydrogens is 170 g/mol. The highest BCUT2D eigenvalue weighted by Crippen LogP contribution is 2.10. The van der Waals surface area contributed by atoms with E-state index in [1.165, 1.54) is 58.0 Å². The Kier molecular flexibility index (Phi) is 11.0. The molecule has 86 valence electrons. The summed E-state index contributed by atoms with van der Waals surface area (Å²) in [5, 5.41) is 3.49. The fraction of sp³-hybridized carbons (Fsp3) is 1.00. The first-order valence-corrected chi connectivity index (χ1v) is 6.52. The zero-order chi connectivity index (χ0) is 10.6. The van der Waals surface area contributed by atoms with Gasteiger partial charge in [-0.1, -0.05) is 52.9 Å². The van der Waals surface area contributed by atoms with E-state index in [0.717, 1.165) is 5.92 Å². The van der Waals surface area contributed by atoms with Gasteiger partial charge in [-0.3, -0.25) is 0 Å². The average molecular weight is 199 g/mol. The first kappa shape index (κ1) is 14.0. The largest absolute Gasteiger partial charge is 0.316 e. The Bertz CT molecular complexity index is 101. The lowest BCUT2D eigenvalue weighted by atomic mass is 10.0. The van der Waals surface area contributed by atoms with Crippen molar-refractivity contribution < 1.29 is 0 Å². The van der Waals surface area contributed by atoms with E-state index in [1.807, 2.05) is 0 Å². The van der Waals surface area contributed by atoms with Crippen molar-refractivity contribution in [3.05, 3.63) is 0 Å². The summed E-state index contributed by atoms with van der Waals surface area (Å²) in [6.45, 7) is 9.25. The van der Waals surface area contributed by atoms with Crippen LogP contribution in [0.1, 0.15) is 65.7 Å². The maximum absolute atomic E-state index is 3.49. The number of nitrogens with one attached hydrogen (secondary N) is 1. The molecule has 0 saturated carbocycles. The number of hydrogen-bond acceptors (Lipinski definition) is 1. The Morgan fingerprint density at radius 2 is 1.64 bits per heavy atom. The Hall–Kier alpha value is -0.0400. The smallest absolute Gasteiger partial charge is 0.00232 e. The van der Waals surface area contributed by atoms with E-state index in [2.05, 4.69) is 26.1 Å². The minimum atomic E-state index is 0.864. The standard InChI is InChI=1S/C13H29N/c1-4-6-7-8-9-10-13(3)12-14-11-5-2/h13-14H,4-12H2,1-3H3. The molecule has 0 spiro atoms. The van der Waals surface area contributed by atoms with Crippen molar-refractivity contribution in [1.29, 1.82) is 0 Å². The highest BCUT2D eigenvalue weighted by atomic mass is 14.8. The molecule has 0 aromatic rings. The van der Waals surface area contributed by atoms with Crippen LogP contribution < -0.4 is 5.32 Å². The van der Waals surface area contributed by atoms with Crippen molar-refractivity contribution in [3.63, 3.8) is 0 Å². The van der Waals surface area contributed by atoms with Gasteiger partial charge in [0.25, 0.3) is 0 Å². The lowest BCUT2D eigenvalue weighted by molar-refractivity contribution is 0.452. The van der Waals surface area contributed by atoms with Gasteiger partial charge in [0.1, 0.15) is 0 Å². The van der Waals surface area contributed by atoms with Gasteiger partial charge in [-0.25, -0.2) is 0 Å². The van der Waals surface area contributed by atoms with E-state index in [1.54, 1.807) is 0 Å². The zero-order valence-electron chi connectivity index (χ0n) is 10.4. The summed E-state index contributed by atoms with van der Waals surface area (Å²) < 4.78 is 0. The van der Waals surface area contributed by atoms with Crippen LogP contribution >= 0.6 is 0 Å². The Morgan fingerprint density at radius 3 is 2.29 bits per heavy atom. The van der Waals surface area contributed by atoms with E-state index < -0.39 is 0 Å². The second kappa shape index (κ2) is 11.0. The molecule has 0 heterocycles. The van der Waals surface area contributed by atoms with Crippen LogP contribution in [0, 0.1) is 5.92 Å². The van der Waals surface area contributed by atoms with Gasteiger partial charge in [0.05, 0.1) is 0 Å². The summed E-state index contributed by atoms with van der Waals surface area (Å²) >= 11 is 0. The molecule has 1 atom stereocenters. The van der Waals surface area contributed by atoms with Crippen LogP contribution in [-0.4, -0.2) is 13.1 Å². The van der Waals surface area contributed by atoms with Gasteiger partial charge in [0, 0.05) is 0 Å². The second-order valence-corrected chi connectivity index (χ2v) is 4.51. The highest BCUT2D eigenvalue weighted by molar-refractivity contribution is 4.57. The highest BCUT2D eigenvalue weighted by Gasteiger charge is 2.00. The molecule has 1 N–H and O–H groups in total. The van der Waals surface area contributed by atoms with Crippen LogP contribution in [0.5, 0.6) is 0 Å². The molecule has 0 aromatic heterocycles. The molecule has 0 bridgehead atoms. The molecule has 0 aliphatic carbocycles. The number of hydrogen-bond donors (Lipinski definition) is 1. The van der Waals surface area contributed by atoms with Crippen molar-refractivity contribution in [2.24, 2.45) is 5.92 Å². The van der Waals surface area contributed by atoms with Crippen molar-refractivity contribution >= 4 is 0 Å². The molecule has 0 aromatic carbocycles. The van der Waals surface area contributed by atoms with Crippen LogP contribution in [0.2, 0.25) is 0 Å². The summed E-state index contributed by atoms with van der Waals surface area (Å²) in [7, 11) is 0. The van der Waals surface area contributed by atoms with Gasteiger partial charge in [0.2, 0.25) is 0 Å². The SMILES string of the molecule is CCCCCCCC(C)CNCCC. The van der Waals surface area contributed by atoms with E-state index >= 15 is 0 Å². The molecule has 0 fully saturated rings. The van der Waals surface area contributed by atoms with Crippen molar-refractivity contribution in [1.82, 2.24) is 5.32 Å². The molecule has 1 unspecified atom stereocenters. The quantitative estimate of drug-likeness (QED) is 0.525. The van der Waals surface area contributed by atoms with Gasteiger partial charge in [0.15, 0.2) is 0 Å². The molecule has 0 aliphatic rings. The predicted octanol–water partition coefficient (Wildman–Crippen LogP) is 3.98. The first-order valence-electron chi connectivity index (χ1n) is 6.52. The minimum absolute atomic E-state index is 0.864. The lowest BCUT2D eigenvalue weighted by Crippen LogP contribution is -2.21. The van der Waals surface area contributed by atoms with Crippen LogP contribution in [-0.2, 0) is 0 Å². The lowest BCUT2D eigenvalue weighted by Gasteiger charge is -2.11. The summed E-state index contributed by atoms with van der Waals surface area (Å²) in [6.07, 6.45) is 9.73. The van der Waals surface area contributed by atoms with Crippen LogP contribution in [0.15, 0.2) is 0 Å². The predicted molar refractivity (Wildman–Crippen MR) is 65.7 cm³/mol. The number of rotatable bonds is 10. The Balaban J connectivity index is 3.06. The summed E-state index contributed by atoms with van der Waals surface area (Å²) in [5.41, 5.74) is 0. The van der Waals surface area contributed by atoms with Gasteiger partial charge >= 0.3 is 0 Å². The first-order chi connectivity index (χ1) is 6.81. The molecule has 0 aliphatic heterocycles. The maximum atomic E-state index is 3.49. The minimum Gasteiger partial charge on any atom is -0.316 e. The fourth-order valence-electron chi connectivity index (χ4n) is 1.72. The van der Waals surface area contributed by atoms with Crippen LogP contribution in [0.3, 0.4) is 0 Å². The van der Waals surface area contributed by atoms with Gasteiger partial charge < -0.3 is 5.32 Å². The number of unbranched alkanes of at least 4 members (excludes halogenated alkanes) is 4. The molecule has 0 amide bonds. The summed E-state index contributed by atoms with van der Waals surface area (Å²) in [4.78, 5) is 0. The van der Waals surface area contributed by atoms with E-state index in [9.17, 15) is 0 Å². The Morgan fingerprint density at radius 1 is 0.929 bits per heavy atom. The molecule has 0 radical (unpaired) electrons. The van der Waals surface area contributed by atoms with Crippen LogP contribution in [0.25, 0.3) is 0 Å². The molecule has 1 heteroatoms. The van der Waals surface area contributed by atoms with Crippen molar-refractivity contribution in [2.75, 3.05) is 13.1 Å². The Labute approximate surface area is 90.7 Å². The third-order valence-electron chi connectivity index (χ3n) is 2.72. The second-order valence-electron chi connectivity index (χ2n) is 4.51. The van der Waals surface area contributed by atoms with Crippen LogP contribution in [0.4, 0.5) is 0 Å². The van der Waals surface area contributed by atoms with Crippen molar-refractivity contribution in [3.8, 4) is 0 Å². The third kappa shape index (κ3) is 10.0. The topological polar surface area (TPSA) is 12.0 Å². The summed E-state index contributed by atoms with van der Waals surface area (Å²) in [5.74, 6) is 0.864. The normalized spacial score (nSPS) is 13.1. The molecule has 14 heavy (non-hydrogen) atoms.